The Morgan fingerprint density at radius 1 is 1.00 bits per heavy atom. The van der Waals surface area contributed by atoms with E-state index in [-0.39, 0.29) is 11.2 Å². The highest BCUT2D eigenvalue weighted by Crippen LogP contribution is 2.66. The number of carbonyl (C=O) groups is 1. The average molecular weight is 419 g/mol. The van der Waals surface area contributed by atoms with Gasteiger partial charge in [-0.3, -0.25) is 4.79 Å². The van der Waals surface area contributed by atoms with Crippen LogP contribution in [0.3, 0.4) is 0 Å². The summed E-state index contributed by atoms with van der Waals surface area (Å²) in [6.45, 7) is 6.08. The minimum atomic E-state index is 0.165. The van der Waals surface area contributed by atoms with E-state index >= 15 is 0 Å². The first kappa shape index (κ1) is 22.3. The van der Waals surface area contributed by atoms with Crippen LogP contribution in [0.25, 0.3) is 0 Å². The van der Waals surface area contributed by atoms with Crippen LogP contribution in [0.2, 0.25) is 0 Å². The molecule has 4 fully saturated rings. The largest absolute Gasteiger partial charge is 0.515 e. The van der Waals surface area contributed by atoms with Gasteiger partial charge in [0.25, 0.3) is 0 Å². The maximum atomic E-state index is 12.4. The van der Waals surface area contributed by atoms with Crippen LogP contribution in [0, 0.1) is 34.5 Å². The van der Waals surface area contributed by atoms with Crippen molar-refractivity contribution in [3.63, 3.8) is 0 Å². The minimum absolute atomic E-state index is 0.165. The SMILES string of the molecule is CC12C/C(=C/O)C(=O)CC1CCC1C2CCC2(C)C(OCCCCCCO)CCC12. The van der Waals surface area contributed by atoms with Crippen molar-refractivity contribution in [2.45, 2.75) is 97.0 Å². The van der Waals surface area contributed by atoms with Gasteiger partial charge in [-0.2, -0.15) is 0 Å². The number of unbranched alkanes of at least 4 members (excludes halogenated alkanes) is 3. The van der Waals surface area contributed by atoms with E-state index < -0.39 is 0 Å². The summed E-state index contributed by atoms with van der Waals surface area (Å²) in [6.07, 6.45) is 14.6. The zero-order valence-corrected chi connectivity index (χ0v) is 19.1. The van der Waals surface area contributed by atoms with Gasteiger partial charge in [0.05, 0.1) is 12.4 Å². The lowest BCUT2D eigenvalue weighted by Crippen LogP contribution is -2.54. The zero-order chi connectivity index (χ0) is 21.4. The number of Topliss-reactive ketones (excluding diaryl/α,β-unsaturated/α-hetero) is 1. The number of ketones is 1. The van der Waals surface area contributed by atoms with Crippen LogP contribution in [-0.4, -0.2) is 35.3 Å². The lowest BCUT2D eigenvalue weighted by molar-refractivity contribution is -0.138. The Balaban J connectivity index is 1.41. The number of hydrogen-bond donors (Lipinski definition) is 2. The van der Waals surface area contributed by atoms with E-state index in [0.29, 0.717) is 42.0 Å². The van der Waals surface area contributed by atoms with E-state index in [0.717, 1.165) is 56.8 Å². The van der Waals surface area contributed by atoms with E-state index in [1.807, 2.05) is 0 Å². The molecular formula is C26H42O4. The monoisotopic (exact) mass is 418 g/mol. The van der Waals surface area contributed by atoms with Gasteiger partial charge < -0.3 is 14.9 Å². The molecule has 0 radical (unpaired) electrons. The maximum absolute atomic E-state index is 12.4. The number of hydrogen-bond acceptors (Lipinski definition) is 4. The third-order valence-electron chi connectivity index (χ3n) is 9.87. The molecule has 4 aliphatic carbocycles. The quantitative estimate of drug-likeness (QED) is 0.321. The number of aliphatic hydroxyl groups is 2. The molecule has 30 heavy (non-hydrogen) atoms. The van der Waals surface area contributed by atoms with Crippen molar-refractivity contribution in [1.82, 2.24) is 0 Å². The fourth-order valence-electron chi connectivity index (χ4n) is 8.15. The van der Waals surface area contributed by atoms with E-state index in [2.05, 4.69) is 13.8 Å². The van der Waals surface area contributed by atoms with Gasteiger partial charge in [-0.05, 0) is 92.3 Å². The molecule has 4 saturated carbocycles. The highest BCUT2D eigenvalue weighted by molar-refractivity contribution is 5.96. The van der Waals surface area contributed by atoms with E-state index in [9.17, 15) is 9.90 Å². The van der Waals surface area contributed by atoms with Crippen LogP contribution in [0.15, 0.2) is 11.8 Å². The summed E-state index contributed by atoms with van der Waals surface area (Å²) in [7, 11) is 0. The summed E-state index contributed by atoms with van der Waals surface area (Å²) in [4.78, 5) is 12.4. The van der Waals surface area contributed by atoms with Crippen molar-refractivity contribution < 1.29 is 19.7 Å². The molecule has 0 aromatic heterocycles. The molecule has 4 aliphatic rings. The van der Waals surface area contributed by atoms with Crippen molar-refractivity contribution in [2.75, 3.05) is 13.2 Å². The second-order valence-corrected chi connectivity index (χ2v) is 11.2. The molecule has 0 aliphatic heterocycles. The van der Waals surface area contributed by atoms with Gasteiger partial charge in [0.1, 0.15) is 0 Å². The highest BCUT2D eigenvalue weighted by Gasteiger charge is 2.61. The number of allylic oxidation sites excluding steroid dienone is 1. The van der Waals surface area contributed by atoms with Crippen LogP contribution in [0.5, 0.6) is 0 Å². The zero-order valence-electron chi connectivity index (χ0n) is 19.1. The highest BCUT2D eigenvalue weighted by atomic mass is 16.5. The molecule has 4 rings (SSSR count). The topological polar surface area (TPSA) is 66.8 Å². The summed E-state index contributed by atoms with van der Waals surface area (Å²) in [6, 6.07) is 0. The number of fused-ring (bicyclic) bond motifs is 5. The Morgan fingerprint density at radius 3 is 2.53 bits per heavy atom. The van der Waals surface area contributed by atoms with Gasteiger partial charge >= 0.3 is 0 Å². The summed E-state index contributed by atoms with van der Waals surface area (Å²) < 4.78 is 6.47. The van der Waals surface area contributed by atoms with Gasteiger partial charge in [0.2, 0.25) is 0 Å². The van der Waals surface area contributed by atoms with Crippen molar-refractivity contribution in [2.24, 2.45) is 34.5 Å². The van der Waals surface area contributed by atoms with E-state index in [1.165, 1.54) is 38.5 Å². The smallest absolute Gasteiger partial charge is 0.162 e. The second-order valence-electron chi connectivity index (χ2n) is 11.2. The molecule has 4 heteroatoms. The summed E-state index contributed by atoms with van der Waals surface area (Å²) >= 11 is 0. The first-order valence-electron chi connectivity index (χ1n) is 12.5. The Hall–Kier alpha value is -0.870. The second kappa shape index (κ2) is 8.94. The number of carbonyl (C=O) groups excluding carboxylic acids is 1. The molecule has 7 unspecified atom stereocenters. The molecule has 0 heterocycles. The predicted octanol–water partition coefficient (Wildman–Crippen LogP) is 5.59. The Bertz CT molecular complexity index is 657. The molecular weight excluding hydrogens is 376 g/mol. The molecule has 0 saturated heterocycles. The maximum Gasteiger partial charge on any atom is 0.162 e. The van der Waals surface area contributed by atoms with Crippen molar-refractivity contribution in [1.29, 1.82) is 0 Å². The van der Waals surface area contributed by atoms with E-state index in [4.69, 9.17) is 9.84 Å². The average Bonchev–Trinajstić information content (AvgIpc) is 3.07. The normalized spacial score (nSPS) is 44.6. The van der Waals surface area contributed by atoms with E-state index in [1.54, 1.807) is 0 Å². The fourth-order valence-corrected chi connectivity index (χ4v) is 8.15. The summed E-state index contributed by atoms with van der Waals surface area (Å²) in [5.74, 6) is 2.83. The Morgan fingerprint density at radius 2 is 1.77 bits per heavy atom. The first-order chi connectivity index (χ1) is 14.4. The summed E-state index contributed by atoms with van der Waals surface area (Å²) in [5, 5.41) is 18.5. The van der Waals surface area contributed by atoms with Gasteiger partial charge in [-0.25, -0.2) is 0 Å². The molecule has 0 spiro atoms. The van der Waals surface area contributed by atoms with Crippen LogP contribution in [0.4, 0.5) is 0 Å². The predicted molar refractivity (Wildman–Crippen MR) is 118 cm³/mol. The van der Waals surface area contributed by atoms with Crippen LogP contribution < -0.4 is 0 Å². The molecule has 4 nitrogen and oxygen atoms in total. The minimum Gasteiger partial charge on any atom is -0.515 e. The third kappa shape index (κ3) is 3.77. The van der Waals surface area contributed by atoms with Crippen molar-refractivity contribution in [3.8, 4) is 0 Å². The van der Waals surface area contributed by atoms with Gasteiger partial charge in [-0.1, -0.05) is 26.7 Å². The van der Waals surface area contributed by atoms with Crippen LogP contribution >= 0.6 is 0 Å². The molecule has 0 amide bonds. The van der Waals surface area contributed by atoms with Crippen molar-refractivity contribution in [3.05, 3.63) is 11.8 Å². The van der Waals surface area contributed by atoms with Crippen LogP contribution in [0.1, 0.15) is 90.9 Å². The number of rotatable bonds is 7. The number of aliphatic hydroxyl groups excluding tert-OH is 2. The van der Waals surface area contributed by atoms with Crippen molar-refractivity contribution >= 4 is 5.78 Å². The number of ether oxygens (including phenoxy) is 1. The third-order valence-corrected chi connectivity index (χ3v) is 9.87. The molecule has 2 N–H and O–H groups in total. The Kier molecular flexibility index (Phi) is 6.65. The standard InChI is InChI=1S/C26H42O4/c1-25-12-11-22-20(8-7-19-15-23(29)18(17-28)16-26(19,22)2)21(25)9-10-24(25)30-14-6-4-3-5-13-27/h17,19-22,24,27-28H,3-16H2,1-2H3/b18-17-. The van der Waals surface area contributed by atoms with Gasteiger partial charge in [0.15, 0.2) is 5.78 Å². The lowest BCUT2D eigenvalue weighted by atomic mass is 9.45. The molecule has 0 aromatic rings. The lowest BCUT2D eigenvalue weighted by Gasteiger charge is -2.60. The molecule has 170 valence electrons. The van der Waals surface area contributed by atoms with Crippen LogP contribution in [-0.2, 0) is 9.53 Å². The molecule has 0 aromatic carbocycles. The molecule has 0 bridgehead atoms. The molecule has 7 atom stereocenters. The fraction of sp³-hybridized carbons (Fsp3) is 0.885. The van der Waals surface area contributed by atoms with Gasteiger partial charge in [-0.15, -0.1) is 0 Å². The van der Waals surface area contributed by atoms with Gasteiger partial charge in [0, 0.05) is 25.2 Å². The first-order valence-corrected chi connectivity index (χ1v) is 12.5. The summed E-state index contributed by atoms with van der Waals surface area (Å²) in [5.41, 5.74) is 1.13. The Labute approximate surface area is 182 Å².